The number of nitrogens with zero attached hydrogens (tertiary/aromatic N) is 4. The summed E-state index contributed by atoms with van der Waals surface area (Å²) in [4.78, 5) is 12.4. The van der Waals surface area contributed by atoms with Gasteiger partial charge < -0.3 is 15.1 Å². The van der Waals surface area contributed by atoms with Gasteiger partial charge in [-0.1, -0.05) is 30.3 Å². The summed E-state index contributed by atoms with van der Waals surface area (Å²) in [6, 6.07) is 10.8. The highest BCUT2D eigenvalue weighted by Gasteiger charge is 2.17. The van der Waals surface area contributed by atoms with Crippen molar-refractivity contribution in [3.05, 3.63) is 35.9 Å². The Kier molecular flexibility index (Phi) is 10.4. The van der Waals surface area contributed by atoms with Crippen LogP contribution in [0.5, 0.6) is 0 Å². The Morgan fingerprint density at radius 3 is 2.30 bits per heavy atom. The predicted octanol–water partition coefficient (Wildman–Crippen LogP) is 2.87. The normalized spacial score (nSPS) is 19.1. The van der Waals surface area contributed by atoms with Gasteiger partial charge in [0.1, 0.15) is 0 Å². The average Bonchev–Trinajstić information content (AvgIpc) is 3.21. The van der Waals surface area contributed by atoms with Crippen LogP contribution in [-0.2, 0) is 6.54 Å². The summed E-state index contributed by atoms with van der Waals surface area (Å²) >= 11 is 0. The van der Waals surface area contributed by atoms with Gasteiger partial charge in [-0.3, -0.25) is 9.89 Å². The molecule has 152 valence electrons. The average molecular weight is 485 g/mol. The topological polar surface area (TPSA) is 34.1 Å². The number of nitrogens with one attached hydrogen (secondary N) is 1. The lowest BCUT2D eigenvalue weighted by Gasteiger charge is -2.34. The fourth-order valence-electron chi connectivity index (χ4n) is 3.85. The van der Waals surface area contributed by atoms with Crippen molar-refractivity contribution in [3.63, 3.8) is 0 Å². The Bertz CT molecular complexity index is 537. The molecule has 0 bridgehead atoms. The van der Waals surface area contributed by atoms with E-state index >= 15 is 0 Å². The van der Waals surface area contributed by atoms with Gasteiger partial charge in [-0.05, 0) is 31.7 Å². The molecule has 2 fully saturated rings. The molecule has 1 aromatic rings. The van der Waals surface area contributed by atoms with E-state index in [4.69, 9.17) is 4.99 Å². The largest absolute Gasteiger partial charge is 0.357 e. The molecule has 0 amide bonds. The Hall–Kier alpha value is -0.860. The minimum absolute atomic E-state index is 0. The molecule has 3 rings (SSSR count). The van der Waals surface area contributed by atoms with E-state index in [-0.39, 0.29) is 24.0 Å². The van der Waals surface area contributed by atoms with Crippen LogP contribution in [0.1, 0.15) is 31.7 Å². The quantitative estimate of drug-likeness (QED) is 0.279. The zero-order valence-corrected chi connectivity index (χ0v) is 19.1. The highest BCUT2D eigenvalue weighted by Crippen LogP contribution is 2.09. The molecular formula is C21H36IN5. The molecule has 0 saturated carbocycles. The van der Waals surface area contributed by atoms with E-state index in [0.717, 1.165) is 45.1 Å². The second kappa shape index (κ2) is 12.6. The third-order valence-corrected chi connectivity index (χ3v) is 5.35. The van der Waals surface area contributed by atoms with E-state index in [9.17, 15) is 0 Å². The van der Waals surface area contributed by atoms with Crippen LogP contribution < -0.4 is 5.32 Å². The first-order valence-electron chi connectivity index (χ1n) is 10.4. The molecular weight excluding hydrogens is 449 g/mol. The summed E-state index contributed by atoms with van der Waals surface area (Å²) in [5, 5.41) is 3.45. The molecule has 1 aromatic carbocycles. The summed E-state index contributed by atoms with van der Waals surface area (Å²) in [7, 11) is 0. The molecule has 2 heterocycles. The molecule has 6 heteroatoms. The molecule has 2 saturated heterocycles. The number of likely N-dealkylation sites (tertiary alicyclic amines) is 1. The number of rotatable bonds is 7. The summed E-state index contributed by atoms with van der Waals surface area (Å²) < 4.78 is 0. The van der Waals surface area contributed by atoms with Gasteiger partial charge in [0.05, 0.1) is 0 Å². The first kappa shape index (κ1) is 22.4. The van der Waals surface area contributed by atoms with Crippen molar-refractivity contribution in [2.45, 2.75) is 32.7 Å². The van der Waals surface area contributed by atoms with Crippen LogP contribution in [-0.4, -0.2) is 79.6 Å². The molecule has 0 radical (unpaired) electrons. The number of benzene rings is 1. The molecule has 0 atom stereocenters. The Balaban J connectivity index is 0.00000261. The zero-order valence-electron chi connectivity index (χ0n) is 16.8. The Labute approximate surface area is 182 Å². The van der Waals surface area contributed by atoms with Crippen molar-refractivity contribution >= 4 is 29.9 Å². The van der Waals surface area contributed by atoms with Crippen molar-refractivity contribution in [2.24, 2.45) is 4.99 Å². The van der Waals surface area contributed by atoms with Crippen molar-refractivity contribution in [2.75, 3.05) is 58.9 Å². The van der Waals surface area contributed by atoms with Gasteiger partial charge >= 0.3 is 0 Å². The Morgan fingerprint density at radius 2 is 1.63 bits per heavy atom. The first-order valence-corrected chi connectivity index (χ1v) is 10.4. The molecule has 0 aromatic heterocycles. The summed E-state index contributed by atoms with van der Waals surface area (Å²) in [5.74, 6) is 1.12. The van der Waals surface area contributed by atoms with Crippen LogP contribution in [0.3, 0.4) is 0 Å². The summed E-state index contributed by atoms with van der Waals surface area (Å²) in [6.07, 6.45) is 3.76. The van der Waals surface area contributed by atoms with E-state index < -0.39 is 0 Å². The summed E-state index contributed by atoms with van der Waals surface area (Å²) in [5.41, 5.74) is 1.42. The number of piperazine rings is 1. The maximum atomic E-state index is 4.85. The number of hydrogen-bond donors (Lipinski definition) is 1. The van der Waals surface area contributed by atoms with Gasteiger partial charge in [0.2, 0.25) is 0 Å². The van der Waals surface area contributed by atoms with Gasteiger partial charge in [-0.25, -0.2) is 0 Å². The SMILES string of the molecule is CCNC(=NCCCN1CCN(Cc2ccccc2)CC1)N1CCCC1.I. The lowest BCUT2D eigenvalue weighted by atomic mass is 10.2. The molecule has 27 heavy (non-hydrogen) atoms. The monoisotopic (exact) mass is 485 g/mol. The maximum Gasteiger partial charge on any atom is 0.193 e. The summed E-state index contributed by atoms with van der Waals surface area (Å²) in [6.45, 7) is 13.3. The number of hydrogen-bond acceptors (Lipinski definition) is 3. The van der Waals surface area contributed by atoms with Crippen LogP contribution in [0, 0.1) is 0 Å². The van der Waals surface area contributed by atoms with E-state index in [1.807, 2.05) is 0 Å². The standard InChI is InChI=1S/C21H35N5.HI/c1-2-22-21(26-13-6-7-14-26)23-11-8-12-24-15-17-25(18-16-24)19-20-9-4-3-5-10-20;/h3-5,9-10H,2,6-8,11-19H2,1H3,(H,22,23);1H. The number of aliphatic imine (C=N–C) groups is 1. The molecule has 1 N–H and O–H groups in total. The van der Waals surface area contributed by atoms with Gasteiger partial charge in [-0.15, -0.1) is 24.0 Å². The van der Waals surface area contributed by atoms with Gasteiger partial charge in [0.15, 0.2) is 5.96 Å². The van der Waals surface area contributed by atoms with Gasteiger partial charge in [0.25, 0.3) is 0 Å². The molecule has 0 aliphatic carbocycles. The molecule has 2 aliphatic heterocycles. The smallest absolute Gasteiger partial charge is 0.193 e. The van der Waals surface area contributed by atoms with E-state index in [1.165, 1.54) is 51.1 Å². The van der Waals surface area contributed by atoms with Crippen molar-refractivity contribution in [1.29, 1.82) is 0 Å². The molecule has 0 unspecified atom stereocenters. The van der Waals surface area contributed by atoms with E-state index in [0.29, 0.717) is 0 Å². The zero-order chi connectivity index (χ0) is 18.0. The van der Waals surface area contributed by atoms with E-state index in [1.54, 1.807) is 0 Å². The minimum Gasteiger partial charge on any atom is -0.357 e. The van der Waals surface area contributed by atoms with Crippen LogP contribution in [0.2, 0.25) is 0 Å². The minimum atomic E-state index is 0. The third-order valence-electron chi connectivity index (χ3n) is 5.35. The van der Waals surface area contributed by atoms with Crippen LogP contribution in [0.4, 0.5) is 0 Å². The fourth-order valence-corrected chi connectivity index (χ4v) is 3.85. The highest BCUT2D eigenvalue weighted by atomic mass is 127. The van der Waals surface area contributed by atoms with Crippen LogP contribution in [0.15, 0.2) is 35.3 Å². The first-order chi connectivity index (χ1) is 12.8. The van der Waals surface area contributed by atoms with Crippen LogP contribution in [0.25, 0.3) is 0 Å². The number of guanidine groups is 1. The van der Waals surface area contributed by atoms with Gasteiger partial charge in [0, 0.05) is 65.4 Å². The van der Waals surface area contributed by atoms with Crippen molar-refractivity contribution < 1.29 is 0 Å². The van der Waals surface area contributed by atoms with E-state index in [2.05, 4.69) is 57.3 Å². The highest BCUT2D eigenvalue weighted by molar-refractivity contribution is 14.0. The fraction of sp³-hybridized carbons (Fsp3) is 0.667. The Morgan fingerprint density at radius 1 is 0.963 bits per heavy atom. The molecule has 5 nitrogen and oxygen atoms in total. The third kappa shape index (κ3) is 7.58. The van der Waals surface area contributed by atoms with Crippen LogP contribution >= 0.6 is 24.0 Å². The molecule has 2 aliphatic rings. The number of halogens is 1. The maximum absolute atomic E-state index is 4.85. The van der Waals surface area contributed by atoms with Crippen molar-refractivity contribution in [3.8, 4) is 0 Å². The van der Waals surface area contributed by atoms with Crippen molar-refractivity contribution in [1.82, 2.24) is 20.0 Å². The lowest BCUT2D eigenvalue weighted by Crippen LogP contribution is -2.46. The lowest BCUT2D eigenvalue weighted by molar-refractivity contribution is 0.127. The second-order valence-electron chi connectivity index (χ2n) is 7.39. The second-order valence-corrected chi connectivity index (χ2v) is 7.39. The predicted molar refractivity (Wildman–Crippen MR) is 125 cm³/mol. The van der Waals surface area contributed by atoms with Gasteiger partial charge in [-0.2, -0.15) is 0 Å². The molecule has 0 spiro atoms.